The largest absolute Gasteiger partial charge is 0.397 e. The molecule has 1 aromatic carbocycles. The maximum atomic E-state index is 11.7. The number of nitrogen functional groups attached to an aromatic ring is 1. The van der Waals surface area contributed by atoms with E-state index >= 15 is 0 Å². The molecule has 0 aliphatic heterocycles. The summed E-state index contributed by atoms with van der Waals surface area (Å²) < 4.78 is 30.8. The number of hydrogen-bond acceptors (Lipinski definition) is 5. The van der Waals surface area contributed by atoms with Crippen molar-refractivity contribution in [1.82, 2.24) is 4.72 Å². The Balaban J connectivity index is 2.02. The van der Waals surface area contributed by atoms with Crippen LogP contribution in [0.25, 0.3) is 0 Å². The highest BCUT2D eigenvalue weighted by atomic mass is 32.2. The van der Waals surface area contributed by atoms with Crippen molar-refractivity contribution in [3.63, 3.8) is 0 Å². The molecule has 0 amide bonds. The van der Waals surface area contributed by atoms with Gasteiger partial charge < -0.3 is 15.8 Å². The van der Waals surface area contributed by atoms with Crippen LogP contribution in [0.2, 0.25) is 0 Å². The van der Waals surface area contributed by atoms with Crippen LogP contribution in [0.3, 0.4) is 0 Å². The highest BCUT2D eigenvalue weighted by molar-refractivity contribution is 7.89. The Bertz CT molecular complexity index is 597. The summed E-state index contributed by atoms with van der Waals surface area (Å²) in [7, 11) is -0.365. The normalized spacial score (nSPS) is 16.7. The molecule has 1 aliphatic rings. The molecular weight excluding hydrogens is 290 g/mol. The molecular formula is C14H23N3O3S. The smallest absolute Gasteiger partial charge is 0.240 e. The average Bonchev–Trinajstić information content (AvgIpc) is 3.24. The summed E-state index contributed by atoms with van der Waals surface area (Å²) in [5.74, 6) is 0. The Labute approximate surface area is 126 Å². The Morgan fingerprint density at radius 1 is 1.38 bits per heavy atom. The van der Waals surface area contributed by atoms with E-state index in [4.69, 9.17) is 10.5 Å². The molecule has 1 aliphatic carbocycles. The highest BCUT2D eigenvalue weighted by Gasteiger charge is 2.41. The van der Waals surface area contributed by atoms with Gasteiger partial charge in [0.15, 0.2) is 0 Å². The summed E-state index contributed by atoms with van der Waals surface area (Å²) in [6.45, 7) is 1.59. The van der Waals surface area contributed by atoms with E-state index in [9.17, 15) is 8.42 Å². The molecule has 1 saturated carbocycles. The van der Waals surface area contributed by atoms with Crippen molar-refractivity contribution in [1.29, 1.82) is 0 Å². The van der Waals surface area contributed by atoms with Gasteiger partial charge in [-0.1, -0.05) is 0 Å². The van der Waals surface area contributed by atoms with E-state index in [0.717, 1.165) is 25.3 Å². The van der Waals surface area contributed by atoms with E-state index in [1.807, 2.05) is 0 Å². The van der Waals surface area contributed by atoms with Crippen molar-refractivity contribution in [3.05, 3.63) is 18.2 Å². The van der Waals surface area contributed by atoms with Crippen LogP contribution in [0.1, 0.15) is 19.3 Å². The zero-order valence-electron chi connectivity index (χ0n) is 12.5. The molecule has 0 aromatic heterocycles. The summed E-state index contributed by atoms with van der Waals surface area (Å²) in [5, 5.41) is 3.33. The first-order valence-corrected chi connectivity index (χ1v) is 8.47. The third-order valence-corrected chi connectivity index (χ3v) is 5.46. The fraction of sp³-hybridized carbons (Fsp3) is 0.571. The molecule has 0 saturated heterocycles. The second-order valence-electron chi connectivity index (χ2n) is 5.55. The SMILES string of the molecule is CNS(=O)(=O)c1ccc(NCC2(CCOC)CC2)c(N)c1. The number of hydrogen-bond donors (Lipinski definition) is 3. The van der Waals surface area contributed by atoms with Gasteiger partial charge in [-0.15, -0.1) is 0 Å². The monoisotopic (exact) mass is 313 g/mol. The molecule has 118 valence electrons. The minimum atomic E-state index is -3.45. The zero-order chi connectivity index (χ0) is 15.5. The van der Waals surface area contributed by atoms with Crippen LogP contribution in [-0.4, -0.2) is 35.7 Å². The lowest BCUT2D eigenvalue weighted by Gasteiger charge is -2.17. The number of anilines is 2. The second kappa shape index (κ2) is 6.21. The molecule has 0 bridgehead atoms. The first kappa shape index (κ1) is 16.1. The Hall–Kier alpha value is -1.31. The van der Waals surface area contributed by atoms with Crippen LogP contribution in [0.4, 0.5) is 11.4 Å². The van der Waals surface area contributed by atoms with E-state index in [2.05, 4.69) is 10.0 Å². The summed E-state index contributed by atoms with van der Waals surface area (Å²) in [5.41, 5.74) is 7.46. The minimum Gasteiger partial charge on any atom is -0.397 e. The predicted molar refractivity (Wildman–Crippen MR) is 83.7 cm³/mol. The summed E-state index contributed by atoms with van der Waals surface area (Å²) in [6, 6.07) is 4.74. The van der Waals surface area contributed by atoms with Gasteiger partial charge in [-0.05, 0) is 49.9 Å². The van der Waals surface area contributed by atoms with Crippen LogP contribution in [-0.2, 0) is 14.8 Å². The van der Waals surface area contributed by atoms with Gasteiger partial charge in [0.2, 0.25) is 10.0 Å². The third kappa shape index (κ3) is 3.87. The van der Waals surface area contributed by atoms with Crippen molar-refractivity contribution in [3.8, 4) is 0 Å². The fourth-order valence-corrected chi connectivity index (χ4v) is 3.05. The maximum absolute atomic E-state index is 11.7. The van der Waals surface area contributed by atoms with E-state index in [1.165, 1.54) is 26.0 Å². The van der Waals surface area contributed by atoms with Gasteiger partial charge >= 0.3 is 0 Å². The number of nitrogens with two attached hydrogens (primary N) is 1. The molecule has 1 fully saturated rings. The summed E-state index contributed by atoms with van der Waals surface area (Å²) in [6.07, 6.45) is 3.41. The van der Waals surface area contributed by atoms with E-state index in [0.29, 0.717) is 11.1 Å². The second-order valence-corrected chi connectivity index (χ2v) is 7.44. The number of benzene rings is 1. The highest BCUT2D eigenvalue weighted by Crippen LogP contribution is 2.48. The molecule has 4 N–H and O–H groups in total. The topological polar surface area (TPSA) is 93.5 Å². The van der Waals surface area contributed by atoms with Gasteiger partial charge in [-0.25, -0.2) is 13.1 Å². The van der Waals surface area contributed by atoms with Crippen molar-refractivity contribution in [2.24, 2.45) is 5.41 Å². The minimum absolute atomic E-state index is 0.175. The molecule has 0 heterocycles. The number of nitrogens with one attached hydrogen (secondary N) is 2. The molecule has 6 nitrogen and oxygen atoms in total. The van der Waals surface area contributed by atoms with Crippen molar-refractivity contribution < 1.29 is 13.2 Å². The fourth-order valence-electron chi connectivity index (χ4n) is 2.28. The maximum Gasteiger partial charge on any atom is 0.240 e. The first-order chi connectivity index (χ1) is 9.92. The Kier molecular flexibility index (Phi) is 4.75. The number of sulfonamides is 1. The van der Waals surface area contributed by atoms with Crippen molar-refractivity contribution in [2.75, 3.05) is 38.4 Å². The lowest BCUT2D eigenvalue weighted by Crippen LogP contribution is -2.20. The molecule has 7 heteroatoms. The molecule has 1 aromatic rings. The van der Waals surface area contributed by atoms with Gasteiger partial charge in [0, 0.05) is 20.3 Å². The van der Waals surface area contributed by atoms with E-state index < -0.39 is 10.0 Å². The molecule has 0 spiro atoms. The van der Waals surface area contributed by atoms with Crippen LogP contribution in [0.5, 0.6) is 0 Å². The van der Waals surface area contributed by atoms with Crippen molar-refractivity contribution >= 4 is 21.4 Å². The lowest BCUT2D eigenvalue weighted by atomic mass is 10.0. The lowest BCUT2D eigenvalue weighted by molar-refractivity contribution is 0.175. The van der Waals surface area contributed by atoms with Crippen LogP contribution in [0.15, 0.2) is 23.1 Å². The van der Waals surface area contributed by atoms with Gasteiger partial charge in [0.1, 0.15) is 0 Å². The average molecular weight is 313 g/mol. The molecule has 0 unspecified atom stereocenters. The molecule has 21 heavy (non-hydrogen) atoms. The predicted octanol–water partition coefficient (Wildman–Crippen LogP) is 1.41. The molecule has 0 atom stereocenters. The number of ether oxygens (including phenoxy) is 1. The number of methoxy groups -OCH3 is 1. The molecule has 0 radical (unpaired) electrons. The van der Waals surface area contributed by atoms with Gasteiger partial charge in [0.05, 0.1) is 16.3 Å². The summed E-state index contributed by atoms with van der Waals surface area (Å²) in [4.78, 5) is 0.175. The Morgan fingerprint density at radius 2 is 2.10 bits per heavy atom. The standard InChI is InChI=1S/C14H23N3O3S/c1-16-21(18,19)11-3-4-13(12(15)9-11)17-10-14(5-6-14)7-8-20-2/h3-4,9,16-17H,5-8,10,15H2,1-2H3. The van der Waals surface area contributed by atoms with Gasteiger partial charge in [-0.2, -0.15) is 0 Å². The summed E-state index contributed by atoms with van der Waals surface area (Å²) >= 11 is 0. The molecule has 2 rings (SSSR count). The van der Waals surface area contributed by atoms with Crippen LogP contribution < -0.4 is 15.8 Å². The zero-order valence-corrected chi connectivity index (χ0v) is 13.3. The van der Waals surface area contributed by atoms with E-state index in [1.54, 1.807) is 19.2 Å². The Morgan fingerprint density at radius 3 is 2.62 bits per heavy atom. The quantitative estimate of drug-likeness (QED) is 0.631. The van der Waals surface area contributed by atoms with Crippen LogP contribution in [0, 0.1) is 5.41 Å². The number of rotatable bonds is 8. The van der Waals surface area contributed by atoms with Gasteiger partial charge in [-0.3, -0.25) is 0 Å². The van der Waals surface area contributed by atoms with Gasteiger partial charge in [0.25, 0.3) is 0 Å². The third-order valence-electron chi connectivity index (χ3n) is 4.05. The van der Waals surface area contributed by atoms with E-state index in [-0.39, 0.29) is 4.90 Å². The first-order valence-electron chi connectivity index (χ1n) is 6.98. The van der Waals surface area contributed by atoms with Crippen LogP contribution >= 0.6 is 0 Å². The van der Waals surface area contributed by atoms with Crippen molar-refractivity contribution in [2.45, 2.75) is 24.2 Å².